The number of nitrogens with zero attached hydrogens (tertiary/aromatic N) is 1. The van der Waals surface area contributed by atoms with Crippen LogP contribution in [-0.2, 0) is 0 Å². The maximum absolute atomic E-state index is 12.6. The first-order valence-electron chi connectivity index (χ1n) is 6.65. The number of benzene rings is 1. The van der Waals surface area contributed by atoms with Gasteiger partial charge in [-0.3, -0.25) is 4.79 Å². The summed E-state index contributed by atoms with van der Waals surface area (Å²) >= 11 is 0. The molecule has 2 heterocycles. The second-order valence-corrected chi connectivity index (χ2v) is 5.75. The normalized spacial score (nSPS) is 26.1. The van der Waals surface area contributed by atoms with Gasteiger partial charge in [-0.2, -0.15) is 0 Å². The quantitative estimate of drug-likeness (QED) is 0.681. The fraction of sp³-hybridized carbons (Fsp3) is 0.438. The van der Waals surface area contributed by atoms with Crippen molar-refractivity contribution < 1.29 is 4.79 Å². The summed E-state index contributed by atoms with van der Waals surface area (Å²) in [5.74, 6) is 0.204. The standard InChI is InChI=1S/C16H19NO/c1-11(2)14-12-7-4-5-8-13(12)15(18)17-10-6-9-16(14,17)3/h4-5,7-8H,6,9-10H2,1-3H3. The average Bonchev–Trinajstić information content (AvgIpc) is 2.71. The van der Waals surface area contributed by atoms with Crippen molar-refractivity contribution in [1.29, 1.82) is 0 Å². The maximum atomic E-state index is 12.6. The van der Waals surface area contributed by atoms with Gasteiger partial charge in [0.1, 0.15) is 0 Å². The lowest BCUT2D eigenvalue weighted by atomic mass is 9.77. The highest BCUT2D eigenvalue weighted by Crippen LogP contribution is 2.47. The second kappa shape index (κ2) is 3.71. The van der Waals surface area contributed by atoms with E-state index in [-0.39, 0.29) is 11.4 Å². The van der Waals surface area contributed by atoms with Gasteiger partial charge in [0.05, 0.1) is 5.54 Å². The fourth-order valence-electron chi connectivity index (χ4n) is 3.68. The molecule has 2 aliphatic rings. The van der Waals surface area contributed by atoms with Crippen molar-refractivity contribution in [3.05, 3.63) is 41.0 Å². The van der Waals surface area contributed by atoms with Gasteiger partial charge in [-0.05, 0) is 50.8 Å². The minimum absolute atomic E-state index is 0.0930. The smallest absolute Gasteiger partial charge is 0.255 e. The molecule has 1 unspecified atom stereocenters. The predicted octanol–water partition coefficient (Wildman–Crippen LogP) is 3.49. The van der Waals surface area contributed by atoms with E-state index in [1.807, 2.05) is 18.2 Å². The molecule has 2 heteroatoms. The number of allylic oxidation sites excluding steroid dienone is 1. The van der Waals surface area contributed by atoms with Crippen molar-refractivity contribution in [2.45, 2.75) is 39.2 Å². The van der Waals surface area contributed by atoms with Crippen molar-refractivity contribution >= 4 is 11.5 Å². The van der Waals surface area contributed by atoms with Crippen LogP contribution in [0.1, 0.15) is 49.5 Å². The Morgan fingerprint density at radius 3 is 2.56 bits per heavy atom. The molecule has 0 aromatic heterocycles. The van der Waals surface area contributed by atoms with E-state index in [2.05, 4.69) is 31.7 Å². The van der Waals surface area contributed by atoms with Gasteiger partial charge in [0.15, 0.2) is 0 Å². The largest absolute Gasteiger partial charge is 0.329 e. The van der Waals surface area contributed by atoms with Crippen molar-refractivity contribution in [3.8, 4) is 0 Å². The number of hydrogen-bond acceptors (Lipinski definition) is 1. The van der Waals surface area contributed by atoms with Gasteiger partial charge in [0, 0.05) is 12.1 Å². The maximum Gasteiger partial charge on any atom is 0.255 e. The fourth-order valence-corrected chi connectivity index (χ4v) is 3.68. The number of amides is 1. The number of carbonyl (C=O) groups excluding carboxylic acids is 1. The van der Waals surface area contributed by atoms with E-state index in [1.54, 1.807) is 0 Å². The molecule has 1 atom stereocenters. The highest BCUT2D eigenvalue weighted by molar-refractivity contribution is 6.05. The molecule has 0 spiro atoms. The molecule has 18 heavy (non-hydrogen) atoms. The summed E-state index contributed by atoms with van der Waals surface area (Å²) in [4.78, 5) is 14.6. The van der Waals surface area contributed by atoms with E-state index >= 15 is 0 Å². The Bertz CT molecular complexity index is 554. The predicted molar refractivity (Wildman–Crippen MR) is 73.4 cm³/mol. The van der Waals surface area contributed by atoms with Crippen LogP contribution in [0.3, 0.4) is 0 Å². The van der Waals surface area contributed by atoms with Gasteiger partial charge >= 0.3 is 0 Å². The molecule has 2 nitrogen and oxygen atoms in total. The van der Waals surface area contributed by atoms with E-state index in [0.717, 1.165) is 30.5 Å². The topological polar surface area (TPSA) is 20.3 Å². The molecule has 94 valence electrons. The van der Waals surface area contributed by atoms with Crippen LogP contribution >= 0.6 is 0 Å². The lowest BCUT2D eigenvalue weighted by Gasteiger charge is -2.43. The van der Waals surface area contributed by atoms with Crippen molar-refractivity contribution in [2.24, 2.45) is 0 Å². The lowest BCUT2D eigenvalue weighted by Crippen LogP contribution is -2.49. The molecule has 1 amide bonds. The van der Waals surface area contributed by atoms with Gasteiger partial charge in [-0.25, -0.2) is 0 Å². The third-order valence-electron chi connectivity index (χ3n) is 4.35. The highest BCUT2D eigenvalue weighted by atomic mass is 16.2. The zero-order valence-corrected chi connectivity index (χ0v) is 11.3. The monoisotopic (exact) mass is 241 g/mol. The molecule has 1 fully saturated rings. The molecule has 0 radical (unpaired) electrons. The number of rotatable bonds is 0. The Kier molecular flexibility index (Phi) is 2.37. The Morgan fingerprint density at radius 2 is 1.89 bits per heavy atom. The van der Waals surface area contributed by atoms with E-state index in [1.165, 1.54) is 11.1 Å². The summed E-state index contributed by atoms with van der Waals surface area (Å²) in [6, 6.07) is 8.04. The van der Waals surface area contributed by atoms with Gasteiger partial charge < -0.3 is 4.90 Å². The molecule has 0 saturated carbocycles. The minimum atomic E-state index is -0.0930. The summed E-state index contributed by atoms with van der Waals surface area (Å²) in [7, 11) is 0. The first kappa shape index (κ1) is 11.5. The zero-order valence-electron chi connectivity index (χ0n) is 11.3. The van der Waals surface area contributed by atoms with E-state index in [4.69, 9.17) is 0 Å². The average molecular weight is 241 g/mol. The second-order valence-electron chi connectivity index (χ2n) is 5.75. The molecule has 1 aromatic carbocycles. The molecule has 2 aliphatic heterocycles. The number of fused-ring (bicyclic) bond motifs is 2. The van der Waals surface area contributed by atoms with Gasteiger partial charge in [0.2, 0.25) is 0 Å². The van der Waals surface area contributed by atoms with Gasteiger partial charge in [-0.1, -0.05) is 23.8 Å². The summed E-state index contributed by atoms with van der Waals surface area (Å²) in [5, 5.41) is 0. The Morgan fingerprint density at radius 1 is 1.22 bits per heavy atom. The summed E-state index contributed by atoms with van der Waals surface area (Å²) < 4.78 is 0. The van der Waals surface area contributed by atoms with Gasteiger partial charge in [-0.15, -0.1) is 0 Å². The minimum Gasteiger partial charge on any atom is -0.329 e. The molecule has 3 rings (SSSR count). The first-order chi connectivity index (χ1) is 8.55. The van der Waals surface area contributed by atoms with Crippen molar-refractivity contribution in [3.63, 3.8) is 0 Å². The molecule has 1 aromatic rings. The van der Waals surface area contributed by atoms with E-state index in [9.17, 15) is 4.79 Å². The Balaban J connectivity index is 2.33. The lowest BCUT2D eigenvalue weighted by molar-refractivity contribution is 0.0680. The van der Waals surface area contributed by atoms with Crippen LogP contribution < -0.4 is 0 Å². The highest BCUT2D eigenvalue weighted by Gasteiger charge is 2.47. The van der Waals surface area contributed by atoms with E-state index < -0.39 is 0 Å². The molecule has 0 aliphatic carbocycles. The first-order valence-corrected chi connectivity index (χ1v) is 6.65. The Labute approximate surface area is 108 Å². The van der Waals surface area contributed by atoms with Crippen LogP contribution in [0.5, 0.6) is 0 Å². The van der Waals surface area contributed by atoms with Crippen LogP contribution in [0.2, 0.25) is 0 Å². The third kappa shape index (κ3) is 1.32. The Hall–Kier alpha value is -1.57. The summed E-state index contributed by atoms with van der Waals surface area (Å²) in [6.45, 7) is 7.42. The number of carbonyl (C=O) groups is 1. The van der Waals surface area contributed by atoms with Crippen LogP contribution in [0, 0.1) is 0 Å². The summed E-state index contributed by atoms with van der Waals surface area (Å²) in [5.41, 5.74) is 4.60. The summed E-state index contributed by atoms with van der Waals surface area (Å²) in [6.07, 6.45) is 2.18. The van der Waals surface area contributed by atoms with Gasteiger partial charge in [0.25, 0.3) is 5.91 Å². The van der Waals surface area contributed by atoms with Crippen LogP contribution in [0.25, 0.3) is 5.57 Å². The SMILES string of the molecule is CC(C)=C1c2ccccc2C(=O)N2CCCC12C. The van der Waals surface area contributed by atoms with Crippen LogP contribution in [0.15, 0.2) is 29.8 Å². The third-order valence-corrected chi connectivity index (χ3v) is 4.35. The van der Waals surface area contributed by atoms with E-state index in [0.29, 0.717) is 0 Å². The molecule has 0 bridgehead atoms. The molecular formula is C16H19NO. The van der Waals surface area contributed by atoms with Crippen LogP contribution in [0.4, 0.5) is 0 Å². The van der Waals surface area contributed by atoms with Crippen molar-refractivity contribution in [1.82, 2.24) is 4.90 Å². The molecule has 0 N–H and O–H groups in total. The van der Waals surface area contributed by atoms with Crippen molar-refractivity contribution in [2.75, 3.05) is 6.54 Å². The zero-order chi connectivity index (χ0) is 12.9. The molecular weight excluding hydrogens is 222 g/mol. The number of hydrogen-bond donors (Lipinski definition) is 0. The molecule has 1 saturated heterocycles. The van der Waals surface area contributed by atoms with Crippen LogP contribution in [-0.4, -0.2) is 22.9 Å².